The molecule has 3 aromatic rings. The lowest BCUT2D eigenvalue weighted by atomic mass is 10.2. The van der Waals surface area contributed by atoms with E-state index in [-0.39, 0.29) is 11.6 Å². The zero-order valence-corrected chi connectivity index (χ0v) is 12.4. The summed E-state index contributed by atoms with van der Waals surface area (Å²) in [5, 5.41) is 5.53. The minimum absolute atomic E-state index is 0.289. The van der Waals surface area contributed by atoms with Crippen molar-refractivity contribution in [2.45, 2.75) is 24.1 Å². The van der Waals surface area contributed by atoms with Crippen molar-refractivity contribution in [1.82, 2.24) is 9.78 Å². The van der Waals surface area contributed by atoms with Crippen LogP contribution < -0.4 is 0 Å². The molecule has 0 fully saturated rings. The summed E-state index contributed by atoms with van der Waals surface area (Å²) in [5.74, 6) is -0.0819. The highest BCUT2D eigenvalue weighted by Crippen LogP contribution is 2.21. The molecule has 0 aliphatic heterocycles. The van der Waals surface area contributed by atoms with Gasteiger partial charge in [-0.05, 0) is 31.2 Å². The van der Waals surface area contributed by atoms with Crippen molar-refractivity contribution in [2.75, 3.05) is 0 Å². The Morgan fingerprint density at radius 3 is 2.76 bits per heavy atom. The van der Waals surface area contributed by atoms with Gasteiger partial charge in [0.05, 0.1) is 27.8 Å². The molecule has 0 aliphatic rings. The molecule has 0 spiro atoms. The average molecular weight is 302 g/mol. The lowest BCUT2D eigenvalue weighted by molar-refractivity contribution is 0.622. The monoisotopic (exact) mass is 302 g/mol. The van der Waals surface area contributed by atoms with Crippen LogP contribution in [0.1, 0.15) is 12.6 Å². The van der Waals surface area contributed by atoms with Gasteiger partial charge in [-0.25, -0.2) is 4.39 Å². The summed E-state index contributed by atoms with van der Waals surface area (Å²) in [6.07, 6.45) is 0. The number of hydrogen-bond acceptors (Lipinski definition) is 2. The summed E-state index contributed by atoms with van der Waals surface area (Å²) < 4.78 is 27.5. The zero-order chi connectivity index (χ0) is 14.8. The Balaban J connectivity index is 1.97. The predicted molar refractivity (Wildman–Crippen MR) is 81.9 cm³/mol. The molecule has 1 unspecified atom stereocenters. The smallest absolute Gasteiger partial charge is 0.124 e. The fourth-order valence-electron chi connectivity index (χ4n) is 2.36. The Bertz CT molecular complexity index is 813. The number of rotatable bonds is 4. The van der Waals surface area contributed by atoms with Crippen LogP contribution in [0.2, 0.25) is 0 Å². The first-order valence-corrected chi connectivity index (χ1v) is 8.09. The summed E-state index contributed by atoms with van der Waals surface area (Å²) in [7, 11) is -1.31. The average Bonchev–Trinajstić information content (AvgIpc) is 2.85. The van der Waals surface area contributed by atoms with Crippen LogP contribution in [0, 0.1) is 5.82 Å². The van der Waals surface area contributed by atoms with Crippen molar-refractivity contribution < 1.29 is 8.60 Å². The number of hydrogen-bond donors (Lipinski definition) is 0. The van der Waals surface area contributed by atoms with Crippen LogP contribution in [-0.4, -0.2) is 14.0 Å². The molecule has 0 bridgehead atoms. The first-order valence-electron chi connectivity index (χ1n) is 6.77. The Morgan fingerprint density at radius 2 is 2.00 bits per heavy atom. The quantitative estimate of drug-likeness (QED) is 0.739. The summed E-state index contributed by atoms with van der Waals surface area (Å²) in [5.41, 5.74) is 1.82. The maximum absolute atomic E-state index is 13.2. The van der Waals surface area contributed by atoms with Gasteiger partial charge in [0.2, 0.25) is 0 Å². The molecule has 0 N–H and O–H groups in total. The van der Waals surface area contributed by atoms with Gasteiger partial charge in [0.15, 0.2) is 0 Å². The molecule has 1 heterocycles. The number of aryl methyl sites for hydroxylation is 1. The molecular formula is C16H15FN2OS. The summed E-state index contributed by atoms with van der Waals surface area (Å²) >= 11 is 0. The van der Waals surface area contributed by atoms with E-state index < -0.39 is 10.8 Å². The Kier molecular flexibility index (Phi) is 3.84. The molecule has 0 amide bonds. The lowest BCUT2D eigenvalue weighted by Gasteiger charge is -2.01. The van der Waals surface area contributed by atoms with Crippen LogP contribution >= 0.6 is 0 Å². The van der Waals surface area contributed by atoms with Crippen molar-refractivity contribution >= 4 is 21.7 Å². The molecule has 5 heteroatoms. The molecule has 1 aromatic heterocycles. The first kappa shape index (κ1) is 13.9. The van der Waals surface area contributed by atoms with Crippen LogP contribution in [0.3, 0.4) is 0 Å². The van der Waals surface area contributed by atoms with Gasteiger partial charge in [0.1, 0.15) is 5.82 Å². The van der Waals surface area contributed by atoms with E-state index in [0.717, 1.165) is 23.1 Å². The number of nitrogens with zero attached hydrogens (tertiary/aromatic N) is 2. The van der Waals surface area contributed by atoms with Crippen molar-refractivity contribution in [2.24, 2.45) is 0 Å². The van der Waals surface area contributed by atoms with Crippen molar-refractivity contribution in [1.29, 1.82) is 0 Å². The Labute approximate surface area is 124 Å². The molecule has 0 radical (unpaired) electrons. The summed E-state index contributed by atoms with van der Waals surface area (Å²) in [6.45, 7) is 2.78. The van der Waals surface area contributed by atoms with E-state index in [1.54, 1.807) is 12.1 Å². The molecule has 0 saturated heterocycles. The standard InChI is InChI=1S/C16H15FN2OS/c1-2-19-16-9-4-3-8-14(16)15(18-19)11-21(20)13-7-5-6-12(17)10-13/h3-10H,2,11H2,1H3. The molecule has 1 atom stereocenters. The number of halogens is 1. The van der Waals surface area contributed by atoms with E-state index in [1.807, 2.05) is 35.9 Å². The third-order valence-corrected chi connectivity index (χ3v) is 4.68. The van der Waals surface area contributed by atoms with E-state index in [9.17, 15) is 8.60 Å². The van der Waals surface area contributed by atoms with Gasteiger partial charge in [-0.1, -0.05) is 24.3 Å². The number of para-hydroxylation sites is 1. The van der Waals surface area contributed by atoms with Crippen molar-refractivity contribution in [3.05, 3.63) is 60.0 Å². The van der Waals surface area contributed by atoms with E-state index >= 15 is 0 Å². The molecular weight excluding hydrogens is 287 g/mol. The molecule has 108 valence electrons. The minimum atomic E-state index is -1.31. The second-order valence-electron chi connectivity index (χ2n) is 4.73. The maximum Gasteiger partial charge on any atom is 0.124 e. The first-order chi connectivity index (χ1) is 10.2. The van der Waals surface area contributed by atoms with Crippen molar-refractivity contribution in [3.8, 4) is 0 Å². The molecule has 3 rings (SSSR count). The van der Waals surface area contributed by atoms with E-state index in [2.05, 4.69) is 5.10 Å². The number of aromatic nitrogens is 2. The highest BCUT2D eigenvalue weighted by molar-refractivity contribution is 7.84. The zero-order valence-electron chi connectivity index (χ0n) is 11.6. The highest BCUT2D eigenvalue weighted by atomic mass is 32.2. The van der Waals surface area contributed by atoms with Gasteiger partial charge in [-0.3, -0.25) is 8.89 Å². The van der Waals surface area contributed by atoms with E-state index in [0.29, 0.717) is 4.90 Å². The molecule has 0 saturated carbocycles. The van der Waals surface area contributed by atoms with Crippen LogP contribution in [0.4, 0.5) is 4.39 Å². The summed E-state index contributed by atoms with van der Waals surface area (Å²) in [4.78, 5) is 0.491. The minimum Gasteiger partial charge on any atom is -0.265 e. The van der Waals surface area contributed by atoms with E-state index in [1.165, 1.54) is 12.1 Å². The van der Waals surface area contributed by atoms with Crippen LogP contribution in [0.25, 0.3) is 10.9 Å². The highest BCUT2D eigenvalue weighted by Gasteiger charge is 2.13. The number of benzene rings is 2. The molecule has 21 heavy (non-hydrogen) atoms. The lowest BCUT2D eigenvalue weighted by Crippen LogP contribution is -2.00. The second-order valence-corrected chi connectivity index (χ2v) is 6.18. The van der Waals surface area contributed by atoms with Crippen LogP contribution in [-0.2, 0) is 23.1 Å². The normalized spacial score (nSPS) is 12.7. The third kappa shape index (κ3) is 2.74. The predicted octanol–water partition coefficient (Wildman–Crippen LogP) is 3.50. The Morgan fingerprint density at radius 1 is 1.19 bits per heavy atom. The summed E-state index contributed by atoms with van der Waals surface area (Å²) in [6, 6.07) is 13.8. The fraction of sp³-hybridized carbons (Fsp3) is 0.188. The molecule has 2 aromatic carbocycles. The van der Waals surface area contributed by atoms with Gasteiger partial charge < -0.3 is 0 Å². The number of fused-ring (bicyclic) bond motifs is 1. The molecule has 3 nitrogen and oxygen atoms in total. The second kappa shape index (κ2) is 5.77. The molecule has 0 aliphatic carbocycles. The van der Waals surface area contributed by atoms with Gasteiger partial charge >= 0.3 is 0 Å². The van der Waals surface area contributed by atoms with E-state index in [4.69, 9.17) is 0 Å². The van der Waals surface area contributed by atoms with Gasteiger partial charge in [-0.2, -0.15) is 5.10 Å². The van der Waals surface area contributed by atoms with Gasteiger partial charge in [0, 0.05) is 16.8 Å². The SMILES string of the molecule is CCn1nc(CS(=O)c2cccc(F)c2)c2ccccc21. The third-order valence-electron chi connectivity index (χ3n) is 3.36. The van der Waals surface area contributed by atoms with Crippen LogP contribution in [0.15, 0.2) is 53.4 Å². The Hall–Kier alpha value is -2.01. The van der Waals surface area contributed by atoms with Crippen LogP contribution in [0.5, 0.6) is 0 Å². The maximum atomic E-state index is 13.2. The fourth-order valence-corrected chi connectivity index (χ4v) is 3.46. The topological polar surface area (TPSA) is 34.9 Å². The van der Waals surface area contributed by atoms with Gasteiger partial charge in [-0.15, -0.1) is 0 Å². The van der Waals surface area contributed by atoms with Gasteiger partial charge in [0.25, 0.3) is 0 Å². The van der Waals surface area contributed by atoms with Crippen molar-refractivity contribution in [3.63, 3.8) is 0 Å². The largest absolute Gasteiger partial charge is 0.265 e.